The minimum atomic E-state index is -0.0730. The summed E-state index contributed by atoms with van der Waals surface area (Å²) in [5, 5.41) is 3.21. The van der Waals surface area contributed by atoms with Crippen molar-refractivity contribution in [2.24, 2.45) is 5.92 Å². The zero-order chi connectivity index (χ0) is 16.6. The minimum absolute atomic E-state index is 0.0730. The molecule has 1 unspecified atom stereocenters. The molecule has 0 aliphatic carbocycles. The Bertz CT molecular complexity index is 552. The summed E-state index contributed by atoms with van der Waals surface area (Å²) in [6.07, 6.45) is 2.38. The number of rotatable bonds is 4. The van der Waals surface area contributed by atoms with Crippen LogP contribution in [-0.4, -0.2) is 60.5 Å². The van der Waals surface area contributed by atoms with Crippen LogP contribution in [0.4, 0.5) is 5.95 Å². The van der Waals surface area contributed by atoms with E-state index in [1.165, 1.54) is 25.9 Å². The number of nitrogens with one attached hydrogen (secondary N) is 1. The van der Waals surface area contributed by atoms with Crippen LogP contribution in [-0.2, 0) is 0 Å². The van der Waals surface area contributed by atoms with Gasteiger partial charge in [0, 0.05) is 32.4 Å². The van der Waals surface area contributed by atoms with Crippen molar-refractivity contribution in [3.63, 3.8) is 0 Å². The average Bonchev–Trinajstić information content (AvgIpc) is 2.55. The Morgan fingerprint density at radius 1 is 1.30 bits per heavy atom. The number of hydrogen-bond acceptors (Lipinski definition) is 5. The molecule has 4 heterocycles. The van der Waals surface area contributed by atoms with Crippen LogP contribution in [0.3, 0.4) is 0 Å². The molecule has 3 aliphatic heterocycles. The highest BCUT2D eigenvalue weighted by Gasteiger charge is 2.35. The topological polar surface area (TPSA) is 61.4 Å². The molecule has 1 aromatic heterocycles. The molecular formula is C17H27N5O. The van der Waals surface area contributed by atoms with Gasteiger partial charge in [0.1, 0.15) is 5.69 Å². The summed E-state index contributed by atoms with van der Waals surface area (Å²) in [6.45, 7) is 7.48. The summed E-state index contributed by atoms with van der Waals surface area (Å²) < 4.78 is 0. The van der Waals surface area contributed by atoms with Crippen molar-refractivity contribution in [1.82, 2.24) is 20.2 Å². The van der Waals surface area contributed by atoms with E-state index < -0.39 is 0 Å². The molecule has 23 heavy (non-hydrogen) atoms. The first-order chi connectivity index (χ1) is 10.9. The number of carbonyl (C=O) groups is 1. The van der Waals surface area contributed by atoms with E-state index in [4.69, 9.17) is 0 Å². The fourth-order valence-electron chi connectivity index (χ4n) is 3.44. The first-order valence-corrected chi connectivity index (χ1v) is 8.53. The van der Waals surface area contributed by atoms with Gasteiger partial charge in [-0.2, -0.15) is 0 Å². The maximum Gasteiger partial charge on any atom is 0.270 e. The Kier molecular flexibility index (Phi) is 4.53. The van der Waals surface area contributed by atoms with Crippen LogP contribution in [0.15, 0.2) is 6.07 Å². The molecule has 0 saturated carbocycles. The zero-order valence-electron chi connectivity index (χ0n) is 14.5. The van der Waals surface area contributed by atoms with Gasteiger partial charge in [0.2, 0.25) is 5.95 Å². The molecule has 6 nitrogen and oxygen atoms in total. The first-order valence-electron chi connectivity index (χ1n) is 8.53. The number of aromatic nitrogens is 2. The van der Waals surface area contributed by atoms with E-state index in [1.807, 2.05) is 25.1 Å². The number of anilines is 1. The molecule has 0 aromatic carbocycles. The second kappa shape index (κ2) is 6.43. The lowest BCUT2D eigenvalue weighted by Crippen LogP contribution is -2.57. The summed E-state index contributed by atoms with van der Waals surface area (Å²) in [6, 6.07) is 2.08. The predicted molar refractivity (Wildman–Crippen MR) is 90.9 cm³/mol. The smallest absolute Gasteiger partial charge is 0.270 e. The molecule has 6 heteroatoms. The molecule has 3 aliphatic rings. The van der Waals surface area contributed by atoms with Crippen LogP contribution < -0.4 is 10.2 Å². The summed E-state index contributed by atoms with van der Waals surface area (Å²) in [5.74, 6) is 1.40. The lowest BCUT2D eigenvalue weighted by molar-refractivity contribution is 0.0617. The lowest BCUT2D eigenvalue weighted by atomic mass is 9.84. The number of amides is 1. The Morgan fingerprint density at radius 3 is 2.52 bits per heavy atom. The van der Waals surface area contributed by atoms with Crippen LogP contribution in [0, 0.1) is 5.92 Å². The zero-order valence-corrected chi connectivity index (χ0v) is 14.5. The van der Waals surface area contributed by atoms with Gasteiger partial charge in [0.15, 0.2) is 0 Å². The Morgan fingerprint density at radius 2 is 2.00 bits per heavy atom. The Balaban J connectivity index is 1.78. The van der Waals surface area contributed by atoms with Crippen molar-refractivity contribution >= 4 is 11.9 Å². The third-order valence-electron chi connectivity index (χ3n) is 4.93. The van der Waals surface area contributed by atoms with E-state index in [9.17, 15) is 4.79 Å². The molecule has 2 bridgehead atoms. The third-order valence-corrected chi connectivity index (χ3v) is 4.93. The molecule has 0 radical (unpaired) electrons. The number of piperidine rings is 3. The molecule has 3 fully saturated rings. The normalized spacial score (nSPS) is 26.4. The second-order valence-electron chi connectivity index (χ2n) is 7.25. The standard InChI is InChI=1S/C17H27N5O/c1-11(2)13-9-14(20-17(19-13)21(3)4)16(23)18-15-10-22-7-5-12(15)6-8-22/h9,11-12,15H,5-8,10H2,1-4H3,(H,18,23). The van der Waals surface area contributed by atoms with E-state index in [2.05, 4.69) is 34.0 Å². The van der Waals surface area contributed by atoms with Crippen molar-refractivity contribution in [2.45, 2.75) is 38.6 Å². The highest BCUT2D eigenvalue weighted by atomic mass is 16.2. The maximum atomic E-state index is 12.7. The van der Waals surface area contributed by atoms with E-state index in [1.54, 1.807) is 0 Å². The van der Waals surface area contributed by atoms with Crippen molar-refractivity contribution in [3.8, 4) is 0 Å². The molecule has 1 amide bonds. The SMILES string of the molecule is CC(C)c1cc(C(=O)NC2CN3CCC2CC3)nc(N(C)C)n1. The summed E-state index contributed by atoms with van der Waals surface area (Å²) in [5.41, 5.74) is 1.38. The highest BCUT2D eigenvalue weighted by Crippen LogP contribution is 2.27. The number of nitrogens with zero attached hydrogens (tertiary/aromatic N) is 4. The molecule has 3 saturated heterocycles. The summed E-state index contributed by atoms with van der Waals surface area (Å²) in [4.78, 5) is 25.9. The molecule has 126 valence electrons. The second-order valence-corrected chi connectivity index (χ2v) is 7.25. The van der Waals surface area contributed by atoms with Crippen molar-refractivity contribution < 1.29 is 4.79 Å². The van der Waals surface area contributed by atoms with Crippen LogP contribution in [0.2, 0.25) is 0 Å². The molecule has 1 aromatic rings. The largest absolute Gasteiger partial charge is 0.347 e. The molecule has 1 N–H and O–H groups in total. The van der Waals surface area contributed by atoms with E-state index in [0.717, 1.165) is 12.2 Å². The van der Waals surface area contributed by atoms with Gasteiger partial charge in [-0.1, -0.05) is 13.8 Å². The molecular weight excluding hydrogens is 290 g/mol. The van der Waals surface area contributed by atoms with Crippen molar-refractivity contribution in [3.05, 3.63) is 17.5 Å². The van der Waals surface area contributed by atoms with Gasteiger partial charge in [-0.3, -0.25) is 4.79 Å². The fraction of sp³-hybridized carbons (Fsp3) is 0.706. The number of carbonyl (C=O) groups excluding carboxylic acids is 1. The Hall–Kier alpha value is -1.69. The van der Waals surface area contributed by atoms with Gasteiger partial charge < -0.3 is 15.1 Å². The van der Waals surface area contributed by atoms with E-state index in [-0.39, 0.29) is 17.9 Å². The Labute approximate surface area is 138 Å². The molecule has 4 rings (SSSR count). The fourth-order valence-corrected chi connectivity index (χ4v) is 3.44. The minimum Gasteiger partial charge on any atom is -0.347 e. The third kappa shape index (κ3) is 3.47. The van der Waals surface area contributed by atoms with Gasteiger partial charge in [-0.05, 0) is 43.8 Å². The van der Waals surface area contributed by atoms with Gasteiger partial charge in [0.05, 0.1) is 0 Å². The quantitative estimate of drug-likeness (QED) is 0.912. The van der Waals surface area contributed by atoms with Crippen molar-refractivity contribution in [2.75, 3.05) is 38.6 Å². The summed E-state index contributed by atoms with van der Waals surface area (Å²) >= 11 is 0. The van der Waals surface area contributed by atoms with Crippen LogP contribution in [0.1, 0.15) is 48.8 Å². The molecule has 0 spiro atoms. The van der Waals surface area contributed by atoms with E-state index >= 15 is 0 Å². The van der Waals surface area contributed by atoms with Gasteiger partial charge in [-0.15, -0.1) is 0 Å². The summed E-state index contributed by atoms with van der Waals surface area (Å²) in [7, 11) is 3.79. The van der Waals surface area contributed by atoms with Crippen molar-refractivity contribution in [1.29, 1.82) is 0 Å². The first kappa shape index (κ1) is 16.2. The number of fused-ring (bicyclic) bond motifs is 3. The maximum absolute atomic E-state index is 12.7. The van der Waals surface area contributed by atoms with Crippen LogP contribution >= 0.6 is 0 Å². The lowest BCUT2D eigenvalue weighted by Gasteiger charge is -2.44. The number of hydrogen-bond donors (Lipinski definition) is 1. The highest BCUT2D eigenvalue weighted by molar-refractivity contribution is 5.93. The molecule has 1 atom stereocenters. The van der Waals surface area contributed by atoms with E-state index in [0.29, 0.717) is 17.6 Å². The van der Waals surface area contributed by atoms with Gasteiger partial charge in [-0.25, -0.2) is 9.97 Å². The van der Waals surface area contributed by atoms with Gasteiger partial charge >= 0.3 is 0 Å². The predicted octanol–water partition coefficient (Wildman–Crippen LogP) is 1.49. The average molecular weight is 317 g/mol. The van der Waals surface area contributed by atoms with Crippen LogP contribution in [0.25, 0.3) is 0 Å². The monoisotopic (exact) mass is 317 g/mol. The van der Waals surface area contributed by atoms with Crippen LogP contribution in [0.5, 0.6) is 0 Å². The van der Waals surface area contributed by atoms with Gasteiger partial charge in [0.25, 0.3) is 5.91 Å².